The maximum Gasteiger partial charge on any atom is 0.338 e. The van der Waals surface area contributed by atoms with Gasteiger partial charge >= 0.3 is 17.9 Å². The summed E-state index contributed by atoms with van der Waals surface area (Å²) in [7, 11) is 3.75. The molecule has 0 atom stereocenters. The average Bonchev–Trinajstić information content (AvgIpc) is 2.92. The summed E-state index contributed by atoms with van der Waals surface area (Å²) in [5.74, 6) is -2.02. The molecule has 0 fully saturated rings. The molecule has 0 aromatic heterocycles. The number of esters is 3. The number of phenols is 3. The van der Waals surface area contributed by atoms with Crippen LogP contribution in [0, 0.1) is 0 Å². The normalized spacial score (nSPS) is 9.27. The van der Waals surface area contributed by atoms with E-state index in [0.717, 1.165) is 0 Å². The van der Waals surface area contributed by atoms with Crippen LogP contribution in [0.1, 0.15) is 51.8 Å². The van der Waals surface area contributed by atoms with E-state index in [-0.39, 0.29) is 39.5 Å². The molecule has 0 heterocycles. The highest BCUT2D eigenvalue weighted by atomic mass is 16.5. The van der Waals surface area contributed by atoms with E-state index < -0.39 is 17.9 Å². The summed E-state index contributed by atoms with van der Waals surface area (Å²) in [4.78, 5) is 53.6. The van der Waals surface area contributed by atoms with Crippen LogP contribution in [0.15, 0.2) is 60.7 Å². The Balaban J connectivity index is 0.000000279. The second-order valence-electron chi connectivity index (χ2n) is 6.77. The van der Waals surface area contributed by atoms with E-state index in [1.165, 1.54) is 69.9 Å². The van der Waals surface area contributed by atoms with Crippen LogP contribution in [0.3, 0.4) is 0 Å². The highest BCUT2D eigenvalue weighted by Gasteiger charge is 2.13. The van der Waals surface area contributed by atoms with Crippen molar-refractivity contribution in [3.05, 3.63) is 88.5 Å². The minimum absolute atomic E-state index is 0.0469. The van der Waals surface area contributed by atoms with Crippen molar-refractivity contribution in [2.75, 3.05) is 21.3 Å². The van der Waals surface area contributed by atoms with Crippen molar-refractivity contribution in [2.24, 2.45) is 0 Å². The summed E-state index contributed by atoms with van der Waals surface area (Å²) in [6.45, 7) is 0. The number of carbonyl (C=O) groups excluding carboxylic acids is 5. The molecule has 0 bridgehead atoms. The Hall–Kier alpha value is -5.19. The zero-order chi connectivity index (χ0) is 28.0. The lowest BCUT2D eigenvalue weighted by atomic mass is 10.1. The number of aldehydes is 2. The monoisotopic (exact) mass is 512 g/mol. The SMILES string of the molecule is COC(=O)c1ccc(C=O)c(O)c1.COC(=O)c1cccc(O)c1.COC(=O)c1cccc(O)c1C=O. The highest BCUT2D eigenvalue weighted by molar-refractivity contribution is 5.99. The Morgan fingerprint density at radius 3 is 1.70 bits per heavy atom. The van der Waals surface area contributed by atoms with Gasteiger partial charge in [0.1, 0.15) is 17.2 Å². The summed E-state index contributed by atoms with van der Waals surface area (Å²) in [5.41, 5.74) is 0.734. The molecule has 3 aromatic carbocycles. The fraction of sp³-hybridized carbons (Fsp3) is 0.115. The van der Waals surface area contributed by atoms with Gasteiger partial charge in [-0.1, -0.05) is 12.1 Å². The Morgan fingerprint density at radius 2 is 1.22 bits per heavy atom. The van der Waals surface area contributed by atoms with Crippen LogP contribution in [0.4, 0.5) is 0 Å². The van der Waals surface area contributed by atoms with Gasteiger partial charge in [-0.15, -0.1) is 0 Å². The number of hydrogen-bond donors (Lipinski definition) is 3. The van der Waals surface area contributed by atoms with Crippen molar-refractivity contribution in [2.45, 2.75) is 0 Å². The molecule has 11 heteroatoms. The van der Waals surface area contributed by atoms with Gasteiger partial charge in [0.05, 0.1) is 49.1 Å². The van der Waals surface area contributed by atoms with Gasteiger partial charge in [0.25, 0.3) is 0 Å². The van der Waals surface area contributed by atoms with Crippen molar-refractivity contribution in [1.82, 2.24) is 0 Å². The molecule has 0 saturated carbocycles. The number of benzene rings is 3. The smallest absolute Gasteiger partial charge is 0.338 e. The van der Waals surface area contributed by atoms with Crippen LogP contribution < -0.4 is 0 Å². The summed E-state index contributed by atoms with van der Waals surface area (Å²) in [6, 6.07) is 14.2. The molecule has 194 valence electrons. The van der Waals surface area contributed by atoms with E-state index in [4.69, 9.17) is 5.11 Å². The minimum Gasteiger partial charge on any atom is -0.508 e. The number of ether oxygens (including phenoxy) is 3. The first-order chi connectivity index (χ1) is 17.6. The molecule has 0 unspecified atom stereocenters. The standard InChI is InChI=1S/2C9H8O4.C8H8O3/c1-13-9(12)6-2-3-7(5-10)8(11)4-6;1-13-9(12)6-3-2-4-8(11)7(6)5-10;1-11-8(10)6-3-2-4-7(9)5-6/h2*2-5,11H,1H3;2-5,9H,1H3. The number of hydrogen-bond acceptors (Lipinski definition) is 11. The van der Waals surface area contributed by atoms with Gasteiger partial charge in [-0.05, 0) is 48.5 Å². The lowest BCUT2D eigenvalue weighted by Gasteiger charge is -2.03. The third-order valence-electron chi connectivity index (χ3n) is 4.45. The van der Waals surface area contributed by atoms with Crippen LogP contribution >= 0.6 is 0 Å². The molecule has 0 aliphatic heterocycles. The van der Waals surface area contributed by atoms with E-state index in [9.17, 15) is 34.2 Å². The van der Waals surface area contributed by atoms with Gasteiger partial charge in [0.2, 0.25) is 0 Å². The summed E-state index contributed by atoms with van der Waals surface area (Å²) >= 11 is 0. The van der Waals surface area contributed by atoms with E-state index in [2.05, 4.69) is 14.2 Å². The summed E-state index contributed by atoms with van der Waals surface area (Å²) in [6.07, 6.45) is 0.929. The topological polar surface area (TPSA) is 174 Å². The van der Waals surface area contributed by atoms with E-state index in [0.29, 0.717) is 18.1 Å². The van der Waals surface area contributed by atoms with Crippen LogP contribution in [0.25, 0.3) is 0 Å². The zero-order valence-corrected chi connectivity index (χ0v) is 20.0. The molecule has 0 spiro atoms. The Bertz CT molecular complexity index is 1270. The molecule has 11 nitrogen and oxygen atoms in total. The first-order valence-electron chi connectivity index (χ1n) is 10.2. The van der Waals surface area contributed by atoms with Gasteiger partial charge in [0, 0.05) is 0 Å². The molecule has 0 aliphatic carbocycles. The van der Waals surface area contributed by atoms with Crippen molar-refractivity contribution in [1.29, 1.82) is 0 Å². The maximum absolute atomic E-state index is 11.1. The molecule has 3 aromatic rings. The fourth-order valence-electron chi connectivity index (χ4n) is 2.60. The number of methoxy groups -OCH3 is 3. The molecule has 0 saturated heterocycles. The number of phenolic OH excluding ortho intramolecular Hbond substituents is 3. The quantitative estimate of drug-likeness (QED) is 0.260. The number of aromatic hydroxyl groups is 3. The van der Waals surface area contributed by atoms with Crippen molar-refractivity contribution >= 4 is 30.5 Å². The third kappa shape index (κ3) is 8.83. The Labute approximate surface area is 211 Å². The van der Waals surface area contributed by atoms with Crippen LogP contribution in [-0.4, -0.2) is 67.1 Å². The van der Waals surface area contributed by atoms with Crippen molar-refractivity contribution in [3.63, 3.8) is 0 Å². The van der Waals surface area contributed by atoms with Crippen LogP contribution in [-0.2, 0) is 14.2 Å². The van der Waals surface area contributed by atoms with E-state index in [1.807, 2.05) is 0 Å². The van der Waals surface area contributed by atoms with Gasteiger partial charge in [0.15, 0.2) is 12.6 Å². The van der Waals surface area contributed by atoms with E-state index >= 15 is 0 Å². The number of rotatable bonds is 5. The summed E-state index contributed by atoms with van der Waals surface area (Å²) in [5, 5.41) is 27.3. The van der Waals surface area contributed by atoms with Gasteiger partial charge < -0.3 is 29.5 Å². The third-order valence-corrected chi connectivity index (χ3v) is 4.45. The predicted octanol–water partition coefficient (Wildman–Crippen LogP) is 3.16. The van der Waals surface area contributed by atoms with Crippen LogP contribution in [0.5, 0.6) is 17.2 Å². The van der Waals surface area contributed by atoms with Gasteiger partial charge in [-0.2, -0.15) is 0 Å². The van der Waals surface area contributed by atoms with Crippen LogP contribution in [0.2, 0.25) is 0 Å². The molecule has 3 N–H and O–H groups in total. The maximum atomic E-state index is 11.1. The molecular formula is C26H24O11. The second kappa shape index (κ2) is 14.9. The predicted molar refractivity (Wildman–Crippen MR) is 129 cm³/mol. The molecular weight excluding hydrogens is 488 g/mol. The largest absolute Gasteiger partial charge is 0.508 e. The second-order valence-corrected chi connectivity index (χ2v) is 6.77. The Morgan fingerprint density at radius 1 is 0.649 bits per heavy atom. The molecule has 0 radical (unpaired) electrons. The zero-order valence-electron chi connectivity index (χ0n) is 20.0. The van der Waals surface area contributed by atoms with Crippen molar-refractivity contribution < 1.29 is 53.5 Å². The van der Waals surface area contributed by atoms with Gasteiger partial charge in [-0.3, -0.25) is 9.59 Å². The lowest BCUT2D eigenvalue weighted by molar-refractivity contribution is 0.0590. The highest BCUT2D eigenvalue weighted by Crippen LogP contribution is 2.19. The van der Waals surface area contributed by atoms with E-state index in [1.54, 1.807) is 12.1 Å². The Kier molecular flexibility index (Phi) is 12.0. The molecule has 37 heavy (non-hydrogen) atoms. The molecule has 0 aliphatic rings. The van der Waals surface area contributed by atoms with Gasteiger partial charge in [-0.25, -0.2) is 14.4 Å². The first-order valence-corrected chi connectivity index (χ1v) is 10.2. The molecule has 0 amide bonds. The number of carbonyl (C=O) groups is 5. The lowest BCUT2D eigenvalue weighted by Crippen LogP contribution is -2.05. The minimum atomic E-state index is -0.641. The fourth-order valence-corrected chi connectivity index (χ4v) is 2.60. The summed E-state index contributed by atoms with van der Waals surface area (Å²) < 4.78 is 13.3. The van der Waals surface area contributed by atoms with Crippen molar-refractivity contribution in [3.8, 4) is 17.2 Å². The molecule has 3 rings (SSSR count). The first kappa shape index (κ1) is 29.8. The average molecular weight is 512 g/mol.